The quantitative estimate of drug-likeness (QED) is 0.559. The standard InChI is InChI=1S/C12H10O4/c1-3-12(8-15-11(13)16-12)9-4-6-10(14-2)7-5-9/h1,4-7H,8H2,2H3. The second-order valence-corrected chi connectivity index (χ2v) is 3.34. The molecule has 0 spiro atoms. The molecule has 0 amide bonds. The lowest BCUT2D eigenvalue weighted by Gasteiger charge is -2.18. The van der Waals surface area contributed by atoms with E-state index in [1.165, 1.54) is 0 Å². The first kappa shape index (κ1) is 10.4. The zero-order chi connectivity index (χ0) is 11.6. The number of terminal acetylenes is 1. The molecule has 4 nitrogen and oxygen atoms in total. The Morgan fingerprint density at radius 1 is 1.44 bits per heavy atom. The number of carbonyl (C=O) groups excluding carboxylic acids is 1. The third-order valence-electron chi connectivity index (χ3n) is 2.44. The van der Waals surface area contributed by atoms with Crippen molar-refractivity contribution in [1.29, 1.82) is 0 Å². The lowest BCUT2D eigenvalue weighted by molar-refractivity contribution is 0.0939. The third kappa shape index (κ3) is 1.57. The number of methoxy groups -OCH3 is 1. The lowest BCUT2D eigenvalue weighted by Crippen LogP contribution is -2.26. The minimum atomic E-state index is -1.11. The van der Waals surface area contributed by atoms with Gasteiger partial charge in [0.2, 0.25) is 5.60 Å². The summed E-state index contributed by atoms with van der Waals surface area (Å²) in [6.07, 6.45) is 4.65. The number of carbonyl (C=O) groups is 1. The molecule has 16 heavy (non-hydrogen) atoms. The molecule has 1 aromatic carbocycles. The van der Waals surface area contributed by atoms with E-state index in [-0.39, 0.29) is 6.61 Å². The first-order chi connectivity index (χ1) is 7.70. The van der Waals surface area contributed by atoms with E-state index in [0.29, 0.717) is 11.3 Å². The Kier molecular flexibility index (Phi) is 2.45. The normalized spacial score (nSPS) is 23.1. The smallest absolute Gasteiger partial charge is 0.497 e. The van der Waals surface area contributed by atoms with Gasteiger partial charge < -0.3 is 14.2 Å². The SMILES string of the molecule is C#CC1(c2ccc(OC)cc2)COC(=O)O1. The minimum absolute atomic E-state index is 0.0364. The van der Waals surface area contributed by atoms with Crippen LogP contribution in [0.4, 0.5) is 4.79 Å². The Hall–Kier alpha value is -2.15. The highest BCUT2D eigenvalue weighted by atomic mass is 16.8. The van der Waals surface area contributed by atoms with Crippen LogP contribution in [0.1, 0.15) is 5.56 Å². The Morgan fingerprint density at radius 2 is 2.12 bits per heavy atom. The van der Waals surface area contributed by atoms with E-state index in [1.807, 2.05) is 0 Å². The van der Waals surface area contributed by atoms with Gasteiger partial charge >= 0.3 is 6.16 Å². The third-order valence-corrected chi connectivity index (χ3v) is 2.44. The van der Waals surface area contributed by atoms with Crippen molar-refractivity contribution in [3.8, 4) is 18.1 Å². The largest absolute Gasteiger partial charge is 0.510 e. The van der Waals surface area contributed by atoms with Gasteiger partial charge in [0, 0.05) is 5.56 Å². The summed E-state index contributed by atoms with van der Waals surface area (Å²) in [6, 6.07) is 7.00. The highest BCUT2D eigenvalue weighted by Gasteiger charge is 2.42. The number of hydrogen-bond donors (Lipinski definition) is 0. The van der Waals surface area contributed by atoms with E-state index in [0.717, 1.165) is 0 Å². The van der Waals surface area contributed by atoms with Gasteiger partial charge in [-0.3, -0.25) is 0 Å². The summed E-state index contributed by atoms with van der Waals surface area (Å²) in [5.41, 5.74) is -0.412. The van der Waals surface area contributed by atoms with Crippen molar-refractivity contribution < 1.29 is 19.0 Å². The van der Waals surface area contributed by atoms with Crippen LogP contribution in [-0.4, -0.2) is 19.9 Å². The van der Waals surface area contributed by atoms with Crippen LogP contribution in [-0.2, 0) is 15.1 Å². The first-order valence-corrected chi connectivity index (χ1v) is 4.68. The number of cyclic esters (lactones) is 2. The van der Waals surface area contributed by atoms with Crippen LogP contribution in [0.2, 0.25) is 0 Å². The average Bonchev–Trinajstić information content (AvgIpc) is 2.72. The Morgan fingerprint density at radius 3 is 2.56 bits per heavy atom. The average molecular weight is 218 g/mol. The molecule has 0 N–H and O–H groups in total. The van der Waals surface area contributed by atoms with Crippen molar-refractivity contribution in [2.24, 2.45) is 0 Å². The fourth-order valence-corrected chi connectivity index (χ4v) is 1.52. The number of hydrogen-bond acceptors (Lipinski definition) is 4. The second-order valence-electron chi connectivity index (χ2n) is 3.34. The number of rotatable bonds is 2. The van der Waals surface area contributed by atoms with Crippen molar-refractivity contribution in [1.82, 2.24) is 0 Å². The summed E-state index contributed by atoms with van der Waals surface area (Å²) in [5.74, 6) is 3.16. The maximum atomic E-state index is 10.9. The molecule has 0 bridgehead atoms. The van der Waals surface area contributed by atoms with Crippen LogP contribution in [0.15, 0.2) is 24.3 Å². The van der Waals surface area contributed by atoms with Crippen LogP contribution in [0.25, 0.3) is 0 Å². The zero-order valence-corrected chi connectivity index (χ0v) is 8.73. The Balaban J connectivity index is 2.34. The maximum absolute atomic E-state index is 10.9. The second kappa shape index (κ2) is 3.78. The molecule has 1 aliphatic rings. The molecule has 1 aliphatic heterocycles. The van der Waals surface area contributed by atoms with Gasteiger partial charge in [0.1, 0.15) is 5.75 Å². The summed E-state index contributed by atoms with van der Waals surface area (Å²) in [5, 5.41) is 0. The number of benzene rings is 1. The van der Waals surface area contributed by atoms with Gasteiger partial charge in [-0.1, -0.05) is 18.1 Å². The summed E-state index contributed by atoms with van der Waals surface area (Å²) in [4.78, 5) is 10.9. The molecule has 0 radical (unpaired) electrons. The first-order valence-electron chi connectivity index (χ1n) is 4.68. The van der Waals surface area contributed by atoms with E-state index >= 15 is 0 Å². The summed E-state index contributed by atoms with van der Waals surface area (Å²) >= 11 is 0. The molecule has 1 unspecified atom stereocenters. The van der Waals surface area contributed by atoms with Crippen molar-refractivity contribution in [3.05, 3.63) is 29.8 Å². The van der Waals surface area contributed by atoms with Gasteiger partial charge in [0.15, 0.2) is 6.61 Å². The predicted molar refractivity (Wildman–Crippen MR) is 55.9 cm³/mol. The summed E-state index contributed by atoms with van der Waals surface area (Å²) in [6.45, 7) is 0.0364. The molecule has 82 valence electrons. The molecule has 1 atom stereocenters. The predicted octanol–water partition coefficient (Wildman–Crippen LogP) is 1.69. The van der Waals surface area contributed by atoms with E-state index < -0.39 is 11.8 Å². The fraction of sp³-hybridized carbons (Fsp3) is 0.250. The molecule has 1 saturated heterocycles. The highest BCUT2D eigenvalue weighted by molar-refractivity contribution is 5.64. The highest BCUT2D eigenvalue weighted by Crippen LogP contribution is 2.31. The van der Waals surface area contributed by atoms with Gasteiger partial charge in [0.05, 0.1) is 7.11 Å². The molecule has 1 fully saturated rings. The van der Waals surface area contributed by atoms with Gasteiger partial charge in [0.25, 0.3) is 0 Å². The summed E-state index contributed by atoms with van der Waals surface area (Å²) in [7, 11) is 1.57. The van der Waals surface area contributed by atoms with Crippen LogP contribution in [0, 0.1) is 12.3 Å². The van der Waals surface area contributed by atoms with E-state index in [4.69, 9.17) is 20.6 Å². The van der Waals surface area contributed by atoms with Crippen molar-refractivity contribution in [3.63, 3.8) is 0 Å². The molecule has 4 heteroatoms. The minimum Gasteiger partial charge on any atom is -0.497 e. The molecular formula is C12H10O4. The molecule has 1 heterocycles. The lowest BCUT2D eigenvalue weighted by atomic mass is 9.96. The maximum Gasteiger partial charge on any atom is 0.510 e. The molecule has 1 aromatic rings. The van der Waals surface area contributed by atoms with Gasteiger partial charge in [-0.2, -0.15) is 0 Å². The van der Waals surface area contributed by atoms with Gasteiger partial charge in [-0.25, -0.2) is 4.79 Å². The van der Waals surface area contributed by atoms with E-state index in [9.17, 15) is 4.79 Å². The van der Waals surface area contributed by atoms with Crippen LogP contribution in [0.5, 0.6) is 5.75 Å². The summed E-state index contributed by atoms with van der Waals surface area (Å²) < 4.78 is 14.8. The van der Waals surface area contributed by atoms with E-state index in [2.05, 4.69) is 5.92 Å². The van der Waals surface area contributed by atoms with Crippen molar-refractivity contribution in [2.45, 2.75) is 5.60 Å². The zero-order valence-electron chi connectivity index (χ0n) is 8.73. The van der Waals surface area contributed by atoms with Crippen LogP contribution >= 0.6 is 0 Å². The molecule has 2 rings (SSSR count). The van der Waals surface area contributed by atoms with Crippen molar-refractivity contribution in [2.75, 3.05) is 13.7 Å². The topological polar surface area (TPSA) is 44.8 Å². The van der Waals surface area contributed by atoms with Crippen LogP contribution < -0.4 is 4.74 Å². The Bertz CT molecular complexity index is 443. The molecule has 0 saturated carbocycles. The molecule has 0 aliphatic carbocycles. The van der Waals surface area contributed by atoms with E-state index in [1.54, 1.807) is 31.4 Å². The van der Waals surface area contributed by atoms with Crippen LogP contribution in [0.3, 0.4) is 0 Å². The fourth-order valence-electron chi connectivity index (χ4n) is 1.52. The molecular weight excluding hydrogens is 208 g/mol. The number of ether oxygens (including phenoxy) is 3. The van der Waals surface area contributed by atoms with Crippen molar-refractivity contribution >= 4 is 6.16 Å². The molecule has 0 aromatic heterocycles. The van der Waals surface area contributed by atoms with Gasteiger partial charge in [-0.05, 0) is 12.1 Å². The van der Waals surface area contributed by atoms with Gasteiger partial charge in [-0.15, -0.1) is 6.42 Å². The Labute approximate surface area is 93.1 Å². The monoisotopic (exact) mass is 218 g/mol.